The largest absolute Gasteiger partial charge is 0.352 e. The summed E-state index contributed by atoms with van der Waals surface area (Å²) in [6.07, 6.45) is 4.93. The molecule has 1 aliphatic carbocycles. The third kappa shape index (κ3) is 7.35. The van der Waals surface area contributed by atoms with E-state index >= 15 is 0 Å². The molecule has 190 valence electrons. The summed E-state index contributed by atoms with van der Waals surface area (Å²) >= 11 is 15.8. The molecule has 1 saturated carbocycles. The van der Waals surface area contributed by atoms with Crippen molar-refractivity contribution in [2.24, 2.45) is 0 Å². The molecule has 2 amide bonds. The Hall–Kier alpha value is -1.81. The molecule has 0 aliphatic heterocycles. The smallest absolute Gasteiger partial charge is 0.244 e. The van der Waals surface area contributed by atoms with Gasteiger partial charge in [0.1, 0.15) is 12.6 Å². The fraction of sp³-hybridized carbons (Fsp3) is 0.417. The van der Waals surface area contributed by atoms with Gasteiger partial charge in [-0.25, -0.2) is 8.42 Å². The zero-order chi connectivity index (χ0) is 25.8. The first-order valence-corrected chi connectivity index (χ1v) is 14.6. The predicted octanol–water partition coefficient (Wildman–Crippen LogP) is 5.00. The molecule has 11 heteroatoms. The van der Waals surface area contributed by atoms with Crippen LogP contribution in [-0.2, 0) is 26.2 Å². The van der Waals surface area contributed by atoms with Gasteiger partial charge in [0, 0.05) is 17.1 Å². The van der Waals surface area contributed by atoms with Gasteiger partial charge in [-0.3, -0.25) is 13.9 Å². The number of benzene rings is 2. The Balaban J connectivity index is 1.91. The minimum Gasteiger partial charge on any atom is -0.352 e. The van der Waals surface area contributed by atoms with Crippen LogP contribution >= 0.6 is 39.1 Å². The first kappa shape index (κ1) is 27.8. The normalized spacial score (nSPS) is 15.0. The quantitative estimate of drug-likeness (QED) is 0.436. The predicted molar refractivity (Wildman–Crippen MR) is 143 cm³/mol. The highest BCUT2D eigenvalue weighted by Crippen LogP contribution is 2.33. The molecule has 0 heterocycles. The molecule has 0 bridgehead atoms. The number of hydrogen-bond donors (Lipinski definition) is 1. The van der Waals surface area contributed by atoms with Crippen LogP contribution in [0.3, 0.4) is 0 Å². The van der Waals surface area contributed by atoms with Gasteiger partial charge in [-0.05, 0) is 49.6 Å². The molecule has 1 fully saturated rings. The van der Waals surface area contributed by atoms with E-state index in [9.17, 15) is 18.0 Å². The number of sulfonamides is 1. The van der Waals surface area contributed by atoms with Crippen LogP contribution in [0.4, 0.5) is 5.69 Å². The van der Waals surface area contributed by atoms with Crippen molar-refractivity contribution in [2.45, 2.75) is 51.2 Å². The van der Waals surface area contributed by atoms with E-state index < -0.39 is 28.5 Å². The van der Waals surface area contributed by atoms with Gasteiger partial charge in [0.2, 0.25) is 21.8 Å². The molecule has 7 nitrogen and oxygen atoms in total. The number of nitrogens with zero attached hydrogens (tertiary/aromatic N) is 2. The van der Waals surface area contributed by atoms with Crippen molar-refractivity contribution in [3.63, 3.8) is 0 Å². The molecule has 2 aromatic carbocycles. The molecule has 2 aromatic rings. The topological polar surface area (TPSA) is 86.8 Å². The molecule has 1 aliphatic rings. The summed E-state index contributed by atoms with van der Waals surface area (Å²) in [6.45, 7) is 1.24. The zero-order valence-corrected chi connectivity index (χ0v) is 23.4. The molecule has 1 unspecified atom stereocenters. The summed E-state index contributed by atoms with van der Waals surface area (Å²) in [7, 11) is -3.90. The maximum absolute atomic E-state index is 13.6. The van der Waals surface area contributed by atoms with Gasteiger partial charge in [0.15, 0.2) is 0 Å². The van der Waals surface area contributed by atoms with Crippen molar-refractivity contribution >= 4 is 66.7 Å². The van der Waals surface area contributed by atoms with E-state index in [0.717, 1.165) is 46.3 Å². The van der Waals surface area contributed by atoms with Crippen LogP contribution in [0, 0.1) is 0 Å². The van der Waals surface area contributed by atoms with Crippen molar-refractivity contribution in [3.05, 3.63) is 62.5 Å². The highest BCUT2D eigenvalue weighted by molar-refractivity contribution is 9.10. The lowest BCUT2D eigenvalue weighted by molar-refractivity contribution is -0.139. The molecular weight excluding hydrogens is 577 g/mol. The summed E-state index contributed by atoms with van der Waals surface area (Å²) in [5.41, 5.74) is 0.889. The number of anilines is 1. The molecule has 0 radical (unpaired) electrons. The van der Waals surface area contributed by atoms with Crippen LogP contribution in [-0.4, -0.2) is 50.0 Å². The van der Waals surface area contributed by atoms with Gasteiger partial charge >= 0.3 is 0 Å². The Bertz CT molecular complexity index is 1190. The Morgan fingerprint density at radius 2 is 1.80 bits per heavy atom. The van der Waals surface area contributed by atoms with E-state index in [-0.39, 0.29) is 34.2 Å². The van der Waals surface area contributed by atoms with Crippen molar-refractivity contribution < 1.29 is 18.0 Å². The summed E-state index contributed by atoms with van der Waals surface area (Å²) in [4.78, 5) is 28.1. The van der Waals surface area contributed by atoms with Gasteiger partial charge < -0.3 is 10.2 Å². The molecule has 35 heavy (non-hydrogen) atoms. The monoisotopic (exact) mass is 603 g/mol. The number of carbonyl (C=O) groups excluding carboxylic acids is 2. The van der Waals surface area contributed by atoms with Crippen LogP contribution < -0.4 is 9.62 Å². The van der Waals surface area contributed by atoms with Crippen molar-refractivity contribution in [3.8, 4) is 0 Å². The fourth-order valence-electron chi connectivity index (χ4n) is 4.09. The summed E-state index contributed by atoms with van der Waals surface area (Å²) < 4.78 is 27.1. The van der Waals surface area contributed by atoms with Gasteiger partial charge in [0.05, 0.1) is 22.0 Å². The minimum atomic E-state index is -3.90. The van der Waals surface area contributed by atoms with Gasteiger partial charge in [0.25, 0.3) is 0 Å². The second-order valence-corrected chi connectivity index (χ2v) is 12.3. The first-order chi connectivity index (χ1) is 16.5. The number of halogens is 3. The van der Waals surface area contributed by atoms with Crippen molar-refractivity contribution in [1.29, 1.82) is 0 Å². The molecule has 0 aromatic heterocycles. The number of rotatable bonds is 9. The molecule has 0 saturated heterocycles. The van der Waals surface area contributed by atoms with Gasteiger partial charge in [-0.1, -0.05) is 70.2 Å². The molecular formula is C24H28BrCl2N3O4S. The Morgan fingerprint density at radius 3 is 2.43 bits per heavy atom. The maximum Gasteiger partial charge on any atom is 0.244 e. The van der Waals surface area contributed by atoms with Crippen LogP contribution in [0.5, 0.6) is 0 Å². The van der Waals surface area contributed by atoms with Crippen LogP contribution in [0.25, 0.3) is 0 Å². The summed E-state index contributed by atoms with van der Waals surface area (Å²) in [6, 6.07) is 11.2. The van der Waals surface area contributed by atoms with E-state index in [1.54, 1.807) is 13.0 Å². The molecule has 3 rings (SSSR count). The van der Waals surface area contributed by atoms with E-state index in [0.29, 0.717) is 0 Å². The zero-order valence-electron chi connectivity index (χ0n) is 19.5. The molecule has 1 atom stereocenters. The molecule has 1 N–H and O–H groups in total. The van der Waals surface area contributed by atoms with E-state index in [1.807, 2.05) is 24.3 Å². The number of nitrogens with one attached hydrogen (secondary N) is 1. The van der Waals surface area contributed by atoms with Crippen LogP contribution in [0.15, 0.2) is 46.9 Å². The molecule has 0 spiro atoms. The summed E-state index contributed by atoms with van der Waals surface area (Å²) in [5.74, 6) is -0.813. The number of amides is 2. The summed E-state index contributed by atoms with van der Waals surface area (Å²) in [5, 5.41) is 3.22. The lowest BCUT2D eigenvalue weighted by atomic mass is 10.1. The lowest BCUT2D eigenvalue weighted by Gasteiger charge is -2.32. The number of carbonyl (C=O) groups is 2. The SMILES string of the molecule is CC(C(=O)NC1CCCC1)N(Cc1cccc(Br)c1)C(=O)CN(c1cccc(Cl)c1Cl)S(C)(=O)=O. The average Bonchev–Trinajstić information content (AvgIpc) is 3.29. The average molecular weight is 605 g/mol. The van der Waals surface area contributed by atoms with Gasteiger partial charge in [-0.2, -0.15) is 0 Å². The van der Waals surface area contributed by atoms with E-state index in [1.165, 1.54) is 17.0 Å². The first-order valence-electron chi connectivity index (χ1n) is 11.2. The third-order valence-corrected chi connectivity index (χ3v) is 8.42. The van der Waals surface area contributed by atoms with Gasteiger partial charge in [-0.15, -0.1) is 0 Å². The van der Waals surface area contributed by atoms with Crippen LogP contribution in [0.1, 0.15) is 38.2 Å². The Kier molecular flexibility index (Phi) is 9.48. The van der Waals surface area contributed by atoms with Crippen molar-refractivity contribution in [2.75, 3.05) is 17.1 Å². The Labute approximate surface area is 224 Å². The highest BCUT2D eigenvalue weighted by atomic mass is 79.9. The Morgan fingerprint density at radius 1 is 1.14 bits per heavy atom. The van der Waals surface area contributed by atoms with E-state index in [2.05, 4.69) is 21.2 Å². The standard InChI is InChI=1S/C24H28BrCl2N3O4S/c1-16(24(32)28-19-9-3-4-10-19)29(14-17-7-5-8-18(25)13-17)22(31)15-30(35(2,33)34)21-12-6-11-20(26)23(21)27/h5-8,11-13,16,19H,3-4,9-10,14-15H2,1-2H3,(H,28,32). The third-order valence-electron chi connectivity index (χ3n) is 5.99. The second-order valence-electron chi connectivity index (χ2n) is 8.66. The number of hydrogen-bond acceptors (Lipinski definition) is 4. The second kappa shape index (κ2) is 12.0. The highest BCUT2D eigenvalue weighted by Gasteiger charge is 2.32. The maximum atomic E-state index is 13.6. The minimum absolute atomic E-state index is 0.0259. The van der Waals surface area contributed by atoms with E-state index in [4.69, 9.17) is 23.2 Å². The van der Waals surface area contributed by atoms with Crippen molar-refractivity contribution in [1.82, 2.24) is 10.2 Å². The lowest BCUT2D eigenvalue weighted by Crippen LogP contribution is -2.52. The fourth-order valence-corrected chi connectivity index (χ4v) is 5.84. The van der Waals surface area contributed by atoms with Crippen LogP contribution in [0.2, 0.25) is 10.0 Å².